The first kappa shape index (κ1) is 24.4. The lowest BCUT2D eigenvalue weighted by Gasteiger charge is -2.27. The van der Waals surface area contributed by atoms with Crippen LogP contribution in [0.2, 0.25) is 10.0 Å². The van der Waals surface area contributed by atoms with E-state index in [0.717, 1.165) is 0 Å². The van der Waals surface area contributed by atoms with Gasteiger partial charge in [0.15, 0.2) is 0 Å². The van der Waals surface area contributed by atoms with E-state index in [0.29, 0.717) is 32.4 Å². The van der Waals surface area contributed by atoms with Gasteiger partial charge in [-0.05, 0) is 72.6 Å². The molecule has 0 radical (unpaired) electrons. The molecule has 3 aromatic rings. The molecule has 0 bridgehead atoms. The number of hydrogen-bond acceptors (Lipinski definition) is 4. The van der Waals surface area contributed by atoms with Gasteiger partial charge in [-0.3, -0.25) is 0 Å². The van der Waals surface area contributed by atoms with E-state index in [4.69, 9.17) is 38.9 Å². The summed E-state index contributed by atoms with van der Waals surface area (Å²) in [5.41, 5.74) is 5.34. The second-order valence-corrected chi connectivity index (χ2v) is 8.13. The lowest BCUT2D eigenvalue weighted by atomic mass is 9.89. The van der Waals surface area contributed by atoms with E-state index < -0.39 is 18.3 Å². The molecule has 3 aromatic carbocycles. The van der Waals surface area contributed by atoms with Gasteiger partial charge in [0.1, 0.15) is 6.61 Å². The highest BCUT2D eigenvalue weighted by molar-refractivity contribution is 6.30. The van der Waals surface area contributed by atoms with Crippen molar-refractivity contribution in [2.75, 3.05) is 12.3 Å². The third-order valence-electron chi connectivity index (χ3n) is 4.99. The minimum absolute atomic E-state index is 0.00524. The fourth-order valence-electron chi connectivity index (χ4n) is 3.07. The van der Waals surface area contributed by atoms with E-state index in [-0.39, 0.29) is 11.5 Å². The zero-order valence-corrected chi connectivity index (χ0v) is 18.8. The molecule has 0 saturated carbocycles. The highest BCUT2D eigenvalue weighted by Crippen LogP contribution is 2.46. The van der Waals surface area contributed by atoms with Crippen LogP contribution in [0.1, 0.15) is 22.3 Å². The van der Waals surface area contributed by atoms with Crippen LogP contribution in [-0.2, 0) is 10.3 Å². The topological polar surface area (TPSA) is 71.4 Å². The number of nitrogens with two attached hydrogens (primary N) is 1. The Hall–Kier alpha value is -3.21. The normalized spacial score (nSPS) is 17.3. The van der Waals surface area contributed by atoms with Crippen molar-refractivity contribution in [3.63, 3.8) is 0 Å². The van der Waals surface area contributed by atoms with Gasteiger partial charge in [0.2, 0.25) is 11.4 Å². The van der Waals surface area contributed by atoms with E-state index in [1.807, 2.05) is 6.07 Å². The fourth-order valence-corrected chi connectivity index (χ4v) is 3.32. The number of rotatable bonds is 2. The summed E-state index contributed by atoms with van der Waals surface area (Å²) in [5.74, 6) is -0.0570. The van der Waals surface area contributed by atoms with E-state index in [2.05, 4.69) is 4.99 Å². The van der Waals surface area contributed by atoms with Crippen molar-refractivity contribution in [2.24, 2.45) is 4.99 Å². The first-order chi connectivity index (χ1) is 15.6. The summed E-state index contributed by atoms with van der Waals surface area (Å²) in [7, 11) is 0. The number of benzene rings is 3. The van der Waals surface area contributed by atoms with E-state index >= 15 is 0 Å². The maximum atomic E-state index is 13.8. The summed E-state index contributed by atoms with van der Waals surface area (Å²) in [6, 6.07) is 19.2. The number of halogens is 5. The Morgan fingerprint density at radius 3 is 2.09 bits per heavy atom. The third kappa shape index (κ3) is 5.41. The molecule has 1 unspecified atom stereocenters. The SMILES string of the molecule is Cc1cc(C2(C(F)(F)F)COC(c3ccc(Cl)cc3)=N2)ccc1N.N#Cc1ccc(Cl)cc1. The molecular weight excluding hydrogens is 474 g/mol. The molecule has 0 saturated heterocycles. The van der Waals surface area contributed by atoms with Crippen LogP contribution >= 0.6 is 23.2 Å². The molecule has 1 aliphatic rings. The van der Waals surface area contributed by atoms with Gasteiger partial charge < -0.3 is 10.5 Å². The molecule has 2 N–H and O–H groups in total. The second kappa shape index (κ2) is 9.74. The van der Waals surface area contributed by atoms with Gasteiger partial charge in [0.25, 0.3) is 0 Å². The highest BCUT2D eigenvalue weighted by Gasteiger charge is 2.60. The van der Waals surface area contributed by atoms with Crippen LogP contribution in [0.4, 0.5) is 18.9 Å². The third-order valence-corrected chi connectivity index (χ3v) is 5.49. The molecule has 9 heteroatoms. The van der Waals surface area contributed by atoms with Crippen molar-refractivity contribution in [3.8, 4) is 6.07 Å². The van der Waals surface area contributed by atoms with E-state index in [1.54, 1.807) is 55.5 Å². The molecule has 0 amide bonds. The Bertz CT molecular complexity index is 1200. The molecular formula is C24H18Cl2F3N3O. The lowest BCUT2D eigenvalue weighted by molar-refractivity contribution is -0.191. The predicted molar refractivity (Wildman–Crippen MR) is 123 cm³/mol. The second-order valence-electron chi connectivity index (χ2n) is 7.26. The number of nitrogens with zero attached hydrogens (tertiary/aromatic N) is 2. The summed E-state index contributed by atoms with van der Waals surface area (Å²) < 4.78 is 46.8. The number of hydrogen-bond donors (Lipinski definition) is 1. The van der Waals surface area contributed by atoms with Gasteiger partial charge in [-0.15, -0.1) is 0 Å². The summed E-state index contributed by atoms with van der Waals surface area (Å²) >= 11 is 11.4. The smallest absolute Gasteiger partial charge is 0.421 e. The maximum Gasteiger partial charge on any atom is 0.421 e. The molecule has 4 rings (SSSR count). The fraction of sp³-hybridized carbons (Fsp3) is 0.167. The molecule has 0 aromatic heterocycles. The Labute approximate surface area is 199 Å². The average molecular weight is 492 g/mol. The zero-order chi connectivity index (χ0) is 24.2. The van der Waals surface area contributed by atoms with Gasteiger partial charge in [0, 0.05) is 21.3 Å². The van der Waals surface area contributed by atoms with Crippen molar-refractivity contribution in [1.82, 2.24) is 0 Å². The van der Waals surface area contributed by atoms with Crippen molar-refractivity contribution in [1.29, 1.82) is 5.26 Å². The van der Waals surface area contributed by atoms with Crippen LogP contribution < -0.4 is 5.73 Å². The zero-order valence-electron chi connectivity index (χ0n) is 17.3. The summed E-state index contributed by atoms with van der Waals surface area (Å²) in [6.07, 6.45) is -4.61. The van der Waals surface area contributed by atoms with Gasteiger partial charge in [-0.25, -0.2) is 4.99 Å². The van der Waals surface area contributed by atoms with Crippen LogP contribution in [-0.4, -0.2) is 18.7 Å². The van der Waals surface area contributed by atoms with Crippen molar-refractivity contribution >= 4 is 34.8 Å². The standard InChI is InChI=1S/C17H14ClF3N2O.C7H4ClN/c1-10-8-12(4-7-14(10)22)16(17(19,20)21)9-24-15(23-16)11-2-5-13(18)6-3-11;8-7-3-1-6(5-9)2-4-7/h2-8H,9,22H2,1H3;1-4H. The van der Waals surface area contributed by atoms with Crippen LogP contribution in [0, 0.1) is 18.3 Å². The van der Waals surface area contributed by atoms with Crippen molar-refractivity contribution in [3.05, 3.63) is 99.0 Å². The Balaban J connectivity index is 0.000000286. The van der Waals surface area contributed by atoms with Gasteiger partial charge in [-0.1, -0.05) is 35.3 Å². The van der Waals surface area contributed by atoms with Gasteiger partial charge >= 0.3 is 6.18 Å². The Morgan fingerprint density at radius 2 is 1.58 bits per heavy atom. The Morgan fingerprint density at radius 1 is 1.00 bits per heavy atom. The summed E-state index contributed by atoms with van der Waals surface area (Å²) in [4.78, 5) is 3.92. The van der Waals surface area contributed by atoms with E-state index in [9.17, 15) is 13.2 Å². The number of aryl methyl sites for hydroxylation is 1. The van der Waals surface area contributed by atoms with Crippen LogP contribution in [0.15, 0.2) is 71.7 Å². The van der Waals surface area contributed by atoms with Crippen LogP contribution in [0.5, 0.6) is 0 Å². The average Bonchev–Trinajstić information content (AvgIpc) is 3.24. The molecule has 0 spiro atoms. The van der Waals surface area contributed by atoms with E-state index in [1.165, 1.54) is 18.2 Å². The van der Waals surface area contributed by atoms with Crippen molar-refractivity contribution in [2.45, 2.75) is 18.6 Å². The molecule has 4 nitrogen and oxygen atoms in total. The molecule has 1 atom stereocenters. The lowest BCUT2D eigenvalue weighted by Crippen LogP contribution is -2.42. The highest BCUT2D eigenvalue weighted by atomic mass is 35.5. The maximum absolute atomic E-state index is 13.8. The molecule has 0 aliphatic carbocycles. The minimum atomic E-state index is -4.61. The summed E-state index contributed by atoms with van der Waals surface area (Å²) in [6.45, 7) is 1.04. The first-order valence-corrected chi connectivity index (χ1v) is 10.4. The number of ether oxygens (including phenoxy) is 1. The number of anilines is 1. The number of nitrogen functional groups attached to an aromatic ring is 1. The molecule has 0 fully saturated rings. The number of aliphatic imine (C=N–C) groups is 1. The monoisotopic (exact) mass is 491 g/mol. The predicted octanol–water partition coefficient (Wildman–Crippen LogP) is 6.68. The molecule has 1 aliphatic heterocycles. The van der Waals surface area contributed by atoms with Gasteiger partial charge in [-0.2, -0.15) is 18.4 Å². The summed E-state index contributed by atoms with van der Waals surface area (Å²) in [5, 5.41) is 9.48. The number of alkyl halides is 3. The van der Waals surface area contributed by atoms with Crippen LogP contribution in [0.3, 0.4) is 0 Å². The van der Waals surface area contributed by atoms with Gasteiger partial charge in [0.05, 0.1) is 11.6 Å². The molecule has 1 heterocycles. The van der Waals surface area contributed by atoms with Crippen LogP contribution in [0.25, 0.3) is 0 Å². The van der Waals surface area contributed by atoms with Crippen molar-refractivity contribution < 1.29 is 17.9 Å². The molecule has 33 heavy (non-hydrogen) atoms. The first-order valence-electron chi connectivity index (χ1n) is 9.63. The Kier molecular flexibility index (Phi) is 7.21. The number of nitriles is 1. The minimum Gasteiger partial charge on any atom is -0.474 e. The molecule has 170 valence electrons. The largest absolute Gasteiger partial charge is 0.474 e. The quantitative estimate of drug-likeness (QED) is 0.406.